The molecule has 0 saturated heterocycles. The van der Waals surface area contributed by atoms with Gasteiger partial charge < -0.3 is 33.8 Å². The summed E-state index contributed by atoms with van der Waals surface area (Å²) in [6.45, 7) is 4.98. The van der Waals surface area contributed by atoms with Gasteiger partial charge in [-0.1, -0.05) is 362 Å². The molecule has 0 aromatic rings. The minimum atomic E-state index is -4.96. The topological polar surface area (TPSA) is 237 Å². The summed E-state index contributed by atoms with van der Waals surface area (Å²) in [6.07, 6.45) is 62.5. The Morgan fingerprint density at radius 1 is 0.250 bits per heavy atom. The molecular weight excluding hydrogens is 1260 g/mol. The summed E-state index contributed by atoms with van der Waals surface area (Å²) in [7, 11) is -9.91. The Morgan fingerprint density at radius 2 is 0.417 bits per heavy atom. The molecular formula is C77H150O17P2. The molecule has 0 aromatic heterocycles. The van der Waals surface area contributed by atoms with Crippen LogP contribution in [0.1, 0.15) is 413 Å². The Balaban J connectivity index is 5.17. The molecule has 0 aliphatic heterocycles. The van der Waals surface area contributed by atoms with Crippen LogP contribution in [0.2, 0.25) is 0 Å². The van der Waals surface area contributed by atoms with Gasteiger partial charge in [-0.3, -0.25) is 37.3 Å². The summed E-state index contributed by atoms with van der Waals surface area (Å²) in [5, 5.41) is 10.6. The number of unbranched alkanes of at least 4 members (excludes halogenated alkanes) is 52. The molecule has 0 heterocycles. The number of phosphoric acid groups is 2. The van der Waals surface area contributed by atoms with Crippen molar-refractivity contribution in [1.82, 2.24) is 0 Å². The van der Waals surface area contributed by atoms with Crippen LogP contribution < -0.4 is 0 Å². The molecule has 0 fully saturated rings. The van der Waals surface area contributed by atoms with E-state index in [0.717, 1.165) is 89.9 Å². The lowest BCUT2D eigenvalue weighted by Crippen LogP contribution is -2.30. The number of esters is 4. The van der Waals surface area contributed by atoms with Crippen molar-refractivity contribution < 1.29 is 80.2 Å². The third-order valence-electron chi connectivity index (χ3n) is 18.1. The van der Waals surface area contributed by atoms with Gasteiger partial charge in [0, 0.05) is 25.7 Å². The van der Waals surface area contributed by atoms with Crippen molar-refractivity contribution in [2.45, 2.75) is 431 Å². The highest BCUT2D eigenvalue weighted by Gasteiger charge is 2.30. The van der Waals surface area contributed by atoms with Crippen LogP contribution in [0.5, 0.6) is 0 Å². The lowest BCUT2D eigenvalue weighted by Gasteiger charge is -2.21. The van der Waals surface area contributed by atoms with Crippen LogP contribution in [0.15, 0.2) is 0 Å². The minimum Gasteiger partial charge on any atom is -0.462 e. The predicted octanol–water partition coefficient (Wildman–Crippen LogP) is 23.0. The normalized spacial score (nSPS) is 13.9. The van der Waals surface area contributed by atoms with Crippen LogP contribution in [0.3, 0.4) is 0 Å². The van der Waals surface area contributed by atoms with Crippen LogP contribution in [0.4, 0.5) is 0 Å². The number of carbonyl (C=O) groups is 4. The standard InChI is InChI=1S/C77H150O17P2/c1-5-9-13-17-21-25-29-31-32-33-34-35-36-37-38-39-41-44-48-52-56-60-64-77(82)94-73(68-88-75(80)62-58-54-50-46-43-40-30-26-22-18-14-10-6-2)70-92-96(85,86)90-66-71(78)65-89-95(83,84)91-69-72(67-87-74(79)61-57-53-49-45-28-24-20-16-12-8-4)93-76(81)63-59-55-51-47-42-27-23-19-15-11-7-3/h71-73,78H,5-70H2,1-4H3,(H,83,84)(H,85,86)/t71-,72+,73+/m0/s1. The number of carbonyl (C=O) groups excluding carboxylic acids is 4. The number of hydrogen-bond acceptors (Lipinski definition) is 15. The first-order valence-electron chi connectivity index (χ1n) is 40.3. The van der Waals surface area contributed by atoms with Crippen molar-refractivity contribution in [1.29, 1.82) is 0 Å². The molecule has 2 unspecified atom stereocenters. The highest BCUT2D eigenvalue weighted by molar-refractivity contribution is 7.47. The quantitative estimate of drug-likeness (QED) is 0.0222. The number of rotatable bonds is 78. The van der Waals surface area contributed by atoms with Gasteiger partial charge in [-0.25, -0.2) is 9.13 Å². The van der Waals surface area contributed by atoms with Gasteiger partial charge in [0.15, 0.2) is 12.2 Å². The zero-order chi connectivity index (χ0) is 70.4. The van der Waals surface area contributed by atoms with Gasteiger partial charge in [0.25, 0.3) is 0 Å². The Labute approximate surface area is 588 Å². The van der Waals surface area contributed by atoms with Gasteiger partial charge >= 0.3 is 39.5 Å². The Morgan fingerprint density at radius 3 is 0.615 bits per heavy atom. The van der Waals surface area contributed by atoms with E-state index < -0.39 is 97.5 Å². The summed E-state index contributed by atoms with van der Waals surface area (Å²) >= 11 is 0. The monoisotopic (exact) mass is 1410 g/mol. The van der Waals surface area contributed by atoms with Crippen LogP contribution >= 0.6 is 15.6 Å². The van der Waals surface area contributed by atoms with E-state index in [1.165, 1.54) is 244 Å². The molecule has 0 bridgehead atoms. The van der Waals surface area contributed by atoms with Crippen molar-refractivity contribution in [3.63, 3.8) is 0 Å². The fraction of sp³-hybridized carbons (Fsp3) is 0.948. The molecule has 19 heteroatoms. The van der Waals surface area contributed by atoms with Gasteiger partial charge in [0.1, 0.15) is 19.3 Å². The minimum absolute atomic E-state index is 0.108. The average Bonchev–Trinajstić information content (AvgIpc) is 1.76. The molecule has 0 aromatic carbocycles. The largest absolute Gasteiger partial charge is 0.472 e. The average molecular weight is 1410 g/mol. The molecule has 0 amide bonds. The Kier molecular flexibility index (Phi) is 70.0. The predicted molar refractivity (Wildman–Crippen MR) is 391 cm³/mol. The van der Waals surface area contributed by atoms with Gasteiger partial charge in [0.2, 0.25) is 0 Å². The van der Waals surface area contributed by atoms with E-state index in [1.54, 1.807) is 0 Å². The highest BCUT2D eigenvalue weighted by atomic mass is 31.2. The summed E-state index contributed by atoms with van der Waals surface area (Å²) in [4.78, 5) is 72.8. The summed E-state index contributed by atoms with van der Waals surface area (Å²) in [5.41, 5.74) is 0. The maximum absolute atomic E-state index is 13.1. The van der Waals surface area contributed by atoms with E-state index in [2.05, 4.69) is 27.7 Å². The van der Waals surface area contributed by atoms with Gasteiger partial charge in [-0.2, -0.15) is 0 Å². The Hall–Kier alpha value is -1.94. The Bertz CT molecular complexity index is 1830. The smallest absolute Gasteiger partial charge is 0.462 e. The van der Waals surface area contributed by atoms with Gasteiger partial charge in [-0.05, 0) is 25.7 Å². The van der Waals surface area contributed by atoms with Crippen molar-refractivity contribution in [2.75, 3.05) is 39.6 Å². The molecule has 0 aliphatic rings. The van der Waals surface area contributed by atoms with Crippen molar-refractivity contribution in [3.05, 3.63) is 0 Å². The number of phosphoric ester groups is 2. The molecule has 0 radical (unpaired) electrons. The maximum Gasteiger partial charge on any atom is 0.472 e. The molecule has 3 N–H and O–H groups in total. The van der Waals surface area contributed by atoms with E-state index >= 15 is 0 Å². The first-order chi connectivity index (χ1) is 46.7. The van der Waals surface area contributed by atoms with Crippen LogP contribution in [-0.2, 0) is 65.4 Å². The molecule has 5 atom stereocenters. The molecule has 0 rings (SSSR count). The second-order valence-electron chi connectivity index (χ2n) is 27.7. The number of aliphatic hydroxyl groups excluding tert-OH is 1. The van der Waals surface area contributed by atoms with Crippen molar-refractivity contribution in [3.8, 4) is 0 Å². The second-order valence-corrected chi connectivity index (χ2v) is 30.7. The molecule has 0 saturated carbocycles. The first kappa shape index (κ1) is 94.1. The van der Waals surface area contributed by atoms with Crippen LogP contribution in [0.25, 0.3) is 0 Å². The third kappa shape index (κ3) is 70.5. The highest BCUT2D eigenvalue weighted by Crippen LogP contribution is 2.45. The van der Waals surface area contributed by atoms with Gasteiger partial charge in [-0.15, -0.1) is 0 Å². The maximum atomic E-state index is 13.1. The lowest BCUT2D eigenvalue weighted by molar-refractivity contribution is -0.161. The number of aliphatic hydroxyl groups is 1. The summed E-state index contributed by atoms with van der Waals surface area (Å²) in [6, 6.07) is 0. The second kappa shape index (κ2) is 71.5. The van der Waals surface area contributed by atoms with E-state index in [-0.39, 0.29) is 25.7 Å². The fourth-order valence-corrected chi connectivity index (χ4v) is 13.5. The molecule has 0 spiro atoms. The van der Waals surface area contributed by atoms with Crippen molar-refractivity contribution in [2.24, 2.45) is 0 Å². The fourth-order valence-electron chi connectivity index (χ4n) is 11.9. The lowest BCUT2D eigenvalue weighted by atomic mass is 10.0. The van der Waals surface area contributed by atoms with E-state index in [0.29, 0.717) is 25.7 Å². The van der Waals surface area contributed by atoms with E-state index in [1.807, 2.05) is 0 Å². The zero-order valence-electron chi connectivity index (χ0n) is 62.4. The molecule has 0 aliphatic carbocycles. The van der Waals surface area contributed by atoms with E-state index in [4.69, 9.17) is 37.0 Å². The molecule has 96 heavy (non-hydrogen) atoms. The SMILES string of the molecule is CCCCCCCCCCCCCCCCCCCCCCCCC(=O)O[C@H](COC(=O)CCCCCCCCCCCCCCC)COP(=O)(O)OC[C@@H](O)COP(=O)(O)OC[C@@H](COC(=O)CCCCCCCCCCCC)OC(=O)CCCCCCCCCCCCC. The van der Waals surface area contributed by atoms with Gasteiger partial charge in [0.05, 0.1) is 26.4 Å². The first-order valence-corrected chi connectivity index (χ1v) is 43.3. The van der Waals surface area contributed by atoms with Crippen LogP contribution in [-0.4, -0.2) is 96.7 Å². The summed E-state index contributed by atoms with van der Waals surface area (Å²) in [5.74, 6) is -2.11. The van der Waals surface area contributed by atoms with Crippen molar-refractivity contribution >= 4 is 39.5 Å². The van der Waals surface area contributed by atoms with E-state index in [9.17, 15) is 43.2 Å². The zero-order valence-corrected chi connectivity index (χ0v) is 64.1. The third-order valence-corrected chi connectivity index (χ3v) is 20.0. The number of hydrogen-bond donors (Lipinski definition) is 3. The number of ether oxygens (including phenoxy) is 4. The molecule has 17 nitrogen and oxygen atoms in total. The molecule has 570 valence electrons. The summed E-state index contributed by atoms with van der Waals surface area (Å²) < 4.78 is 68.5. The van der Waals surface area contributed by atoms with Crippen LogP contribution in [0, 0.1) is 0 Å².